The van der Waals surface area contributed by atoms with Crippen LogP contribution in [-0.4, -0.2) is 43.2 Å². The van der Waals surface area contributed by atoms with E-state index in [4.69, 9.17) is 10.5 Å². The minimum absolute atomic E-state index is 0.118. The molecule has 4 heteroatoms. The van der Waals surface area contributed by atoms with E-state index in [0.29, 0.717) is 32.7 Å². The van der Waals surface area contributed by atoms with Crippen LogP contribution < -0.4 is 5.73 Å². The maximum Gasteiger partial charge on any atom is 0.224 e. The molecule has 0 aliphatic heterocycles. The molecule has 1 amide bonds. The zero-order valence-electron chi connectivity index (χ0n) is 12.5. The number of nitrogens with zero attached hydrogens (tertiary/aromatic N) is 1. The predicted octanol–water partition coefficient (Wildman–Crippen LogP) is 1.83. The van der Waals surface area contributed by atoms with Crippen LogP contribution >= 0.6 is 0 Å². The van der Waals surface area contributed by atoms with E-state index in [-0.39, 0.29) is 12.0 Å². The van der Waals surface area contributed by atoms with Crippen molar-refractivity contribution in [3.63, 3.8) is 0 Å². The number of ether oxygens (including phenoxy) is 1. The van der Waals surface area contributed by atoms with E-state index < -0.39 is 0 Å². The second kappa shape index (κ2) is 9.50. The van der Waals surface area contributed by atoms with Crippen LogP contribution in [-0.2, 0) is 16.0 Å². The Morgan fingerprint density at radius 1 is 1.25 bits per heavy atom. The van der Waals surface area contributed by atoms with E-state index in [1.807, 2.05) is 36.9 Å². The second-order valence-electron chi connectivity index (χ2n) is 5.07. The summed E-state index contributed by atoms with van der Waals surface area (Å²) in [5.41, 5.74) is 6.82. The molecule has 0 fully saturated rings. The van der Waals surface area contributed by atoms with Crippen LogP contribution in [0.2, 0.25) is 0 Å². The fourth-order valence-electron chi connectivity index (χ4n) is 1.97. The first-order valence-electron chi connectivity index (χ1n) is 7.27. The van der Waals surface area contributed by atoms with Gasteiger partial charge >= 0.3 is 0 Å². The van der Waals surface area contributed by atoms with Crippen LogP contribution in [0.1, 0.15) is 25.8 Å². The van der Waals surface area contributed by atoms with Crippen molar-refractivity contribution in [1.29, 1.82) is 0 Å². The first kappa shape index (κ1) is 16.7. The number of amides is 1. The van der Waals surface area contributed by atoms with Crippen molar-refractivity contribution < 1.29 is 9.53 Å². The van der Waals surface area contributed by atoms with Gasteiger partial charge in [0.05, 0.1) is 19.1 Å². The summed E-state index contributed by atoms with van der Waals surface area (Å²) in [6.45, 7) is 6.22. The van der Waals surface area contributed by atoms with Gasteiger partial charge in [-0.15, -0.1) is 0 Å². The molecular formula is C16H26N2O2. The number of nitrogens with two attached hydrogens (primary N) is 1. The lowest BCUT2D eigenvalue weighted by Gasteiger charge is -2.22. The Balaban J connectivity index is 2.40. The Morgan fingerprint density at radius 3 is 2.55 bits per heavy atom. The molecule has 1 rings (SSSR count). The monoisotopic (exact) mass is 278 g/mol. The average Bonchev–Trinajstić information content (AvgIpc) is 2.44. The van der Waals surface area contributed by atoms with Gasteiger partial charge in [0.2, 0.25) is 5.91 Å². The van der Waals surface area contributed by atoms with Crippen LogP contribution in [0, 0.1) is 0 Å². The molecule has 0 atom stereocenters. The number of hydrogen-bond acceptors (Lipinski definition) is 3. The van der Waals surface area contributed by atoms with E-state index >= 15 is 0 Å². The molecule has 20 heavy (non-hydrogen) atoms. The summed E-state index contributed by atoms with van der Waals surface area (Å²) in [5, 5.41) is 0. The number of carbonyl (C=O) groups excluding carboxylic acids is 1. The van der Waals surface area contributed by atoms with Crippen molar-refractivity contribution in [1.82, 2.24) is 4.90 Å². The Labute approximate surface area is 121 Å². The molecule has 0 radical (unpaired) electrons. The van der Waals surface area contributed by atoms with Crippen LogP contribution in [0.25, 0.3) is 0 Å². The third kappa shape index (κ3) is 6.68. The predicted molar refractivity (Wildman–Crippen MR) is 81.5 cm³/mol. The molecular weight excluding hydrogens is 252 g/mol. The van der Waals surface area contributed by atoms with E-state index in [1.54, 1.807) is 0 Å². The van der Waals surface area contributed by atoms with Crippen molar-refractivity contribution in [2.45, 2.75) is 32.8 Å². The SMILES string of the molecule is CC(C)OCCC(=O)N(CCN)CCc1ccccc1. The molecule has 1 aromatic rings. The summed E-state index contributed by atoms with van der Waals surface area (Å²) in [7, 11) is 0. The molecule has 2 N–H and O–H groups in total. The molecule has 1 aromatic carbocycles. The van der Waals surface area contributed by atoms with E-state index in [9.17, 15) is 4.79 Å². The lowest BCUT2D eigenvalue weighted by Crippen LogP contribution is -2.37. The van der Waals surface area contributed by atoms with Gasteiger partial charge in [0.1, 0.15) is 0 Å². The van der Waals surface area contributed by atoms with Gasteiger partial charge < -0.3 is 15.4 Å². The van der Waals surface area contributed by atoms with Gasteiger partial charge in [-0.1, -0.05) is 30.3 Å². The van der Waals surface area contributed by atoms with Gasteiger partial charge in [-0.2, -0.15) is 0 Å². The fraction of sp³-hybridized carbons (Fsp3) is 0.562. The van der Waals surface area contributed by atoms with Crippen LogP contribution in [0.15, 0.2) is 30.3 Å². The number of benzene rings is 1. The normalized spacial score (nSPS) is 10.8. The molecule has 0 spiro atoms. The molecule has 0 aliphatic rings. The molecule has 0 bridgehead atoms. The maximum absolute atomic E-state index is 12.1. The molecule has 0 heterocycles. The Hall–Kier alpha value is -1.39. The molecule has 0 unspecified atom stereocenters. The standard InChI is InChI=1S/C16H26N2O2/c1-14(2)20-13-9-16(19)18(12-10-17)11-8-15-6-4-3-5-7-15/h3-7,14H,8-13,17H2,1-2H3. The zero-order chi connectivity index (χ0) is 14.8. The summed E-state index contributed by atoms with van der Waals surface area (Å²) in [6, 6.07) is 10.2. The molecule has 112 valence electrons. The number of rotatable bonds is 9. The van der Waals surface area contributed by atoms with Crippen molar-refractivity contribution >= 4 is 5.91 Å². The summed E-state index contributed by atoms with van der Waals surface area (Å²) in [6.07, 6.45) is 1.44. The highest BCUT2D eigenvalue weighted by molar-refractivity contribution is 5.76. The topological polar surface area (TPSA) is 55.6 Å². The summed E-state index contributed by atoms with van der Waals surface area (Å²) >= 11 is 0. The van der Waals surface area contributed by atoms with E-state index in [0.717, 1.165) is 6.42 Å². The Bertz CT molecular complexity index is 379. The minimum Gasteiger partial charge on any atom is -0.378 e. The number of hydrogen-bond donors (Lipinski definition) is 1. The van der Waals surface area contributed by atoms with Crippen LogP contribution in [0.5, 0.6) is 0 Å². The van der Waals surface area contributed by atoms with Crippen molar-refractivity contribution in [2.75, 3.05) is 26.2 Å². The first-order chi connectivity index (χ1) is 9.63. The van der Waals surface area contributed by atoms with Crippen LogP contribution in [0.4, 0.5) is 0 Å². The molecule has 0 aliphatic carbocycles. The quantitative estimate of drug-likeness (QED) is 0.750. The van der Waals surface area contributed by atoms with E-state index in [2.05, 4.69) is 12.1 Å². The smallest absolute Gasteiger partial charge is 0.224 e. The summed E-state index contributed by atoms with van der Waals surface area (Å²) in [4.78, 5) is 14.0. The van der Waals surface area contributed by atoms with Gasteiger partial charge in [0.25, 0.3) is 0 Å². The molecule has 4 nitrogen and oxygen atoms in total. The van der Waals surface area contributed by atoms with Crippen molar-refractivity contribution in [3.05, 3.63) is 35.9 Å². The minimum atomic E-state index is 0.118. The highest BCUT2D eigenvalue weighted by Gasteiger charge is 2.12. The highest BCUT2D eigenvalue weighted by Crippen LogP contribution is 2.03. The third-order valence-electron chi connectivity index (χ3n) is 3.03. The van der Waals surface area contributed by atoms with Crippen molar-refractivity contribution in [3.8, 4) is 0 Å². The molecule has 0 saturated heterocycles. The highest BCUT2D eigenvalue weighted by atomic mass is 16.5. The summed E-state index contributed by atoms with van der Waals surface area (Å²) in [5.74, 6) is 0.118. The molecule has 0 saturated carbocycles. The van der Waals surface area contributed by atoms with Crippen LogP contribution in [0.3, 0.4) is 0 Å². The van der Waals surface area contributed by atoms with Gasteiger partial charge in [-0.25, -0.2) is 0 Å². The third-order valence-corrected chi connectivity index (χ3v) is 3.03. The Morgan fingerprint density at radius 2 is 1.95 bits per heavy atom. The van der Waals surface area contributed by atoms with Gasteiger partial charge in [-0.3, -0.25) is 4.79 Å². The Kier molecular flexibility index (Phi) is 7.92. The first-order valence-corrected chi connectivity index (χ1v) is 7.27. The number of carbonyl (C=O) groups is 1. The fourth-order valence-corrected chi connectivity index (χ4v) is 1.97. The van der Waals surface area contributed by atoms with Gasteiger partial charge in [0, 0.05) is 19.6 Å². The van der Waals surface area contributed by atoms with Gasteiger partial charge in [0.15, 0.2) is 0 Å². The average molecular weight is 278 g/mol. The van der Waals surface area contributed by atoms with Gasteiger partial charge in [-0.05, 0) is 25.8 Å². The second-order valence-corrected chi connectivity index (χ2v) is 5.07. The van der Waals surface area contributed by atoms with Crippen molar-refractivity contribution in [2.24, 2.45) is 5.73 Å². The summed E-state index contributed by atoms with van der Waals surface area (Å²) < 4.78 is 5.42. The lowest BCUT2D eigenvalue weighted by atomic mass is 10.1. The maximum atomic E-state index is 12.1. The largest absolute Gasteiger partial charge is 0.378 e. The zero-order valence-corrected chi connectivity index (χ0v) is 12.5. The molecule has 0 aromatic heterocycles. The van der Waals surface area contributed by atoms with E-state index in [1.165, 1.54) is 5.56 Å². The lowest BCUT2D eigenvalue weighted by molar-refractivity contribution is -0.132.